The quantitative estimate of drug-likeness (QED) is 0.674. The summed E-state index contributed by atoms with van der Waals surface area (Å²) in [6, 6.07) is 6.32. The molecule has 0 bridgehead atoms. The molecule has 0 atom stereocenters. The third-order valence-corrected chi connectivity index (χ3v) is 2.46. The molecule has 0 unspecified atom stereocenters. The summed E-state index contributed by atoms with van der Waals surface area (Å²) >= 11 is 5.88. The van der Waals surface area contributed by atoms with Gasteiger partial charge in [-0.3, -0.25) is 0 Å². The van der Waals surface area contributed by atoms with Gasteiger partial charge in [0.05, 0.1) is 0 Å². The van der Waals surface area contributed by atoms with E-state index in [1.807, 2.05) is 0 Å². The van der Waals surface area contributed by atoms with Crippen LogP contribution in [0.4, 0.5) is 5.69 Å². The van der Waals surface area contributed by atoms with Gasteiger partial charge in [0, 0.05) is 25.7 Å². The van der Waals surface area contributed by atoms with Gasteiger partial charge >= 0.3 is 0 Å². The van der Waals surface area contributed by atoms with Gasteiger partial charge < -0.3 is 4.90 Å². The molecule has 13 heavy (non-hydrogen) atoms. The van der Waals surface area contributed by atoms with E-state index in [0.29, 0.717) is 5.88 Å². The Hall–Kier alpha value is -0.690. The van der Waals surface area contributed by atoms with Gasteiger partial charge in [0.1, 0.15) is 0 Å². The molecule has 0 aromatic heterocycles. The minimum Gasteiger partial charge on any atom is -0.377 e. The Bertz CT molecular complexity index is 259. The molecule has 1 aromatic carbocycles. The number of alkyl halides is 1. The van der Waals surface area contributed by atoms with Gasteiger partial charge in [-0.1, -0.05) is 25.1 Å². The fourth-order valence-corrected chi connectivity index (χ4v) is 1.83. The van der Waals surface area contributed by atoms with Gasteiger partial charge in [-0.15, -0.1) is 11.6 Å². The van der Waals surface area contributed by atoms with Gasteiger partial charge in [0.25, 0.3) is 0 Å². The van der Waals surface area contributed by atoms with Crippen molar-refractivity contribution in [3.63, 3.8) is 0 Å². The highest BCUT2D eigenvalue weighted by atomic mass is 35.5. The molecule has 0 N–H and O–H groups in total. The molecule has 1 rings (SSSR count). The molecule has 0 saturated carbocycles. The largest absolute Gasteiger partial charge is 0.377 e. The van der Waals surface area contributed by atoms with E-state index in [0.717, 1.165) is 6.42 Å². The normalized spacial score (nSPS) is 10.2. The van der Waals surface area contributed by atoms with E-state index in [1.165, 1.54) is 16.8 Å². The van der Waals surface area contributed by atoms with E-state index >= 15 is 0 Å². The number of hydrogen-bond donors (Lipinski definition) is 0. The monoisotopic (exact) mass is 197 g/mol. The predicted molar refractivity (Wildman–Crippen MR) is 59.7 cm³/mol. The van der Waals surface area contributed by atoms with Crippen LogP contribution in [0.1, 0.15) is 18.1 Å². The summed E-state index contributed by atoms with van der Waals surface area (Å²) in [5.74, 6) is 0.585. The third kappa shape index (κ3) is 2.16. The summed E-state index contributed by atoms with van der Waals surface area (Å²) in [7, 11) is 4.12. The van der Waals surface area contributed by atoms with Gasteiger partial charge in [-0.05, 0) is 17.5 Å². The number of nitrogens with zero attached hydrogens (tertiary/aromatic N) is 1. The number of hydrogen-bond acceptors (Lipinski definition) is 1. The molecule has 0 aliphatic carbocycles. The fraction of sp³-hybridized carbons (Fsp3) is 0.455. The van der Waals surface area contributed by atoms with E-state index < -0.39 is 0 Å². The highest BCUT2D eigenvalue weighted by Crippen LogP contribution is 2.25. The first-order chi connectivity index (χ1) is 6.20. The molecule has 0 aliphatic rings. The second-order valence-corrected chi connectivity index (χ2v) is 3.57. The van der Waals surface area contributed by atoms with Crippen molar-refractivity contribution in [2.24, 2.45) is 0 Å². The van der Waals surface area contributed by atoms with Gasteiger partial charge in [0.15, 0.2) is 0 Å². The average Bonchev–Trinajstić information content (AvgIpc) is 2.16. The first-order valence-electron chi connectivity index (χ1n) is 4.54. The summed E-state index contributed by atoms with van der Waals surface area (Å²) in [5, 5.41) is 0. The molecule has 0 amide bonds. The zero-order valence-electron chi connectivity index (χ0n) is 8.47. The van der Waals surface area contributed by atoms with Crippen LogP contribution in [-0.4, -0.2) is 14.1 Å². The Morgan fingerprint density at radius 1 is 1.23 bits per heavy atom. The molecule has 0 heterocycles. The van der Waals surface area contributed by atoms with Crippen LogP contribution >= 0.6 is 11.6 Å². The van der Waals surface area contributed by atoms with Crippen LogP contribution in [0.25, 0.3) is 0 Å². The molecule has 72 valence electrons. The summed E-state index contributed by atoms with van der Waals surface area (Å²) < 4.78 is 0. The Kier molecular flexibility index (Phi) is 3.61. The molecular formula is C11H16ClN. The number of benzene rings is 1. The van der Waals surface area contributed by atoms with E-state index in [-0.39, 0.29) is 0 Å². The van der Waals surface area contributed by atoms with E-state index in [2.05, 4.69) is 44.1 Å². The van der Waals surface area contributed by atoms with Crippen molar-refractivity contribution < 1.29 is 0 Å². The van der Waals surface area contributed by atoms with Gasteiger partial charge in [0.2, 0.25) is 0 Å². The maximum atomic E-state index is 5.88. The zero-order chi connectivity index (χ0) is 9.84. The van der Waals surface area contributed by atoms with Crippen molar-refractivity contribution in [1.82, 2.24) is 0 Å². The lowest BCUT2D eigenvalue weighted by molar-refractivity contribution is 1.04. The average molecular weight is 198 g/mol. The van der Waals surface area contributed by atoms with Gasteiger partial charge in [-0.25, -0.2) is 0 Å². The lowest BCUT2D eigenvalue weighted by Crippen LogP contribution is -2.13. The summed E-state index contributed by atoms with van der Waals surface area (Å²) in [6.45, 7) is 2.17. The van der Waals surface area contributed by atoms with E-state index in [1.54, 1.807) is 0 Å². The fourth-order valence-electron chi connectivity index (χ4n) is 1.61. The number of rotatable bonds is 3. The standard InChI is InChI=1S/C11H16ClN/c1-4-9-6-5-7-10(8-12)11(9)13(2)3/h5-7H,4,8H2,1-3H3. The van der Waals surface area contributed by atoms with Crippen molar-refractivity contribution in [2.45, 2.75) is 19.2 Å². The highest BCUT2D eigenvalue weighted by molar-refractivity contribution is 6.17. The van der Waals surface area contributed by atoms with Crippen LogP contribution in [0, 0.1) is 0 Å². The van der Waals surface area contributed by atoms with Crippen LogP contribution in [0.5, 0.6) is 0 Å². The van der Waals surface area contributed by atoms with Crippen LogP contribution in [0.2, 0.25) is 0 Å². The number of halogens is 1. The molecule has 0 saturated heterocycles. The Morgan fingerprint density at radius 3 is 2.31 bits per heavy atom. The Balaban J connectivity index is 3.21. The molecule has 0 aliphatic heterocycles. The number of para-hydroxylation sites is 1. The molecular weight excluding hydrogens is 182 g/mol. The minimum atomic E-state index is 0.585. The number of aryl methyl sites for hydroxylation is 1. The maximum absolute atomic E-state index is 5.88. The van der Waals surface area contributed by atoms with Crippen molar-refractivity contribution in [1.29, 1.82) is 0 Å². The SMILES string of the molecule is CCc1cccc(CCl)c1N(C)C. The van der Waals surface area contributed by atoms with Crippen LogP contribution in [-0.2, 0) is 12.3 Å². The molecule has 1 nitrogen and oxygen atoms in total. The van der Waals surface area contributed by atoms with E-state index in [4.69, 9.17) is 11.6 Å². The first kappa shape index (κ1) is 10.4. The summed E-state index contributed by atoms with van der Waals surface area (Å²) in [4.78, 5) is 2.14. The molecule has 1 aromatic rings. The number of anilines is 1. The maximum Gasteiger partial charge on any atom is 0.0494 e. The second-order valence-electron chi connectivity index (χ2n) is 3.31. The minimum absolute atomic E-state index is 0.585. The lowest BCUT2D eigenvalue weighted by Gasteiger charge is -2.20. The smallest absolute Gasteiger partial charge is 0.0494 e. The van der Waals surface area contributed by atoms with Gasteiger partial charge in [-0.2, -0.15) is 0 Å². The Morgan fingerprint density at radius 2 is 1.85 bits per heavy atom. The van der Waals surface area contributed by atoms with Crippen LogP contribution in [0.15, 0.2) is 18.2 Å². The summed E-state index contributed by atoms with van der Waals surface area (Å²) in [6.07, 6.45) is 1.05. The predicted octanol–water partition coefficient (Wildman–Crippen LogP) is 3.05. The molecule has 0 spiro atoms. The first-order valence-corrected chi connectivity index (χ1v) is 5.08. The molecule has 0 fully saturated rings. The van der Waals surface area contributed by atoms with Crippen LogP contribution in [0.3, 0.4) is 0 Å². The molecule has 0 radical (unpaired) electrons. The summed E-state index contributed by atoms with van der Waals surface area (Å²) in [5.41, 5.74) is 3.86. The third-order valence-electron chi connectivity index (χ3n) is 2.18. The Labute approximate surface area is 85.3 Å². The second kappa shape index (κ2) is 4.52. The van der Waals surface area contributed by atoms with E-state index in [9.17, 15) is 0 Å². The van der Waals surface area contributed by atoms with Crippen molar-refractivity contribution in [2.75, 3.05) is 19.0 Å². The van der Waals surface area contributed by atoms with Crippen molar-refractivity contribution in [3.8, 4) is 0 Å². The van der Waals surface area contributed by atoms with Crippen LogP contribution < -0.4 is 4.90 Å². The zero-order valence-corrected chi connectivity index (χ0v) is 9.23. The highest BCUT2D eigenvalue weighted by Gasteiger charge is 2.07. The topological polar surface area (TPSA) is 3.24 Å². The van der Waals surface area contributed by atoms with Crippen molar-refractivity contribution >= 4 is 17.3 Å². The molecule has 2 heteroatoms. The van der Waals surface area contributed by atoms with Crippen molar-refractivity contribution in [3.05, 3.63) is 29.3 Å². The lowest BCUT2D eigenvalue weighted by atomic mass is 10.1.